The van der Waals surface area contributed by atoms with Crippen molar-refractivity contribution >= 4 is 0 Å². The second-order valence-electron chi connectivity index (χ2n) is 4.26. The van der Waals surface area contributed by atoms with Crippen LogP contribution in [0.2, 0.25) is 0 Å². The minimum Gasteiger partial charge on any atom is -0.390 e. The summed E-state index contributed by atoms with van der Waals surface area (Å²) in [6.45, 7) is 1.53. The van der Waals surface area contributed by atoms with Gasteiger partial charge in [0.25, 0.3) is 0 Å². The van der Waals surface area contributed by atoms with E-state index in [0.29, 0.717) is 12.0 Å². The van der Waals surface area contributed by atoms with Crippen LogP contribution in [0.25, 0.3) is 0 Å². The molecule has 1 unspecified atom stereocenters. The third-order valence-corrected chi connectivity index (χ3v) is 2.80. The average Bonchev–Trinajstić information content (AvgIpc) is 2.84. The van der Waals surface area contributed by atoms with E-state index in [1.165, 1.54) is 6.92 Å². The highest BCUT2D eigenvalue weighted by Gasteiger charge is 2.39. The van der Waals surface area contributed by atoms with Crippen molar-refractivity contribution < 1.29 is 9.50 Å². The molecule has 0 bridgehead atoms. The van der Waals surface area contributed by atoms with Crippen LogP contribution >= 0.6 is 0 Å². The van der Waals surface area contributed by atoms with Crippen molar-refractivity contribution in [1.82, 2.24) is 0 Å². The highest BCUT2D eigenvalue weighted by Crippen LogP contribution is 2.38. The number of halogens is 1. The van der Waals surface area contributed by atoms with Gasteiger partial charge in [0.1, 0.15) is 6.17 Å². The lowest BCUT2D eigenvalue weighted by molar-refractivity contribution is 0.151. The Morgan fingerprint density at radius 1 is 1.36 bits per heavy atom. The first-order valence-electron chi connectivity index (χ1n) is 5.04. The van der Waals surface area contributed by atoms with Gasteiger partial charge in [0.2, 0.25) is 0 Å². The molecule has 1 atom stereocenters. The first-order chi connectivity index (χ1) is 6.59. The van der Waals surface area contributed by atoms with Crippen LogP contribution in [0.3, 0.4) is 0 Å². The molecule has 1 aromatic carbocycles. The predicted molar refractivity (Wildman–Crippen MR) is 53.9 cm³/mol. The third-order valence-electron chi connectivity index (χ3n) is 2.80. The molecule has 1 nitrogen and oxygen atoms in total. The molecule has 0 amide bonds. The number of aliphatic hydroxyl groups is 1. The summed E-state index contributed by atoms with van der Waals surface area (Å²) in [5.41, 5.74) is 1.34. The van der Waals surface area contributed by atoms with Crippen molar-refractivity contribution in [1.29, 1.82) is 0 Å². The number of rotatable bonds is 3. The molecule has 76 valence electrons. The molecule has 1 aromatic rings. The summed E-state index contributed by atoms with van der Waals surface area (Å²) < 4.78 is 12.9. The monoisotopic (exact) mass is 194 g/mol. The molecule has 1 aliphatic rings. The molecule has 0 radical (unpaired) electrons. The highest BCUT2D eigenvalue weighted by atomic mass is 19.1. The van der Waals surface area contributed by atoms with Gasteiger partial charge in [0.05, 0.1) is 5.60 Å². The Bertz CT molecular complexity index is 312. The molecule has 0 heterocycles. The fraction of sp³-hybridized carbons (Fsp3) is 0.500. The molecule has 0 aliphatic heterocycles. The molecule has 0 aromatic heterocycles. The third kappa shape index (κ3) is 2.13. The average molecular weight is 194 g/mol. The molecule has 1 aliphatic carbocycles. The topological polar surface area (TPSA) is 20.2 Å². The van der Waals surface area contributed by atoms with E-state index >= 15 is 0 Å². The second-order valence-corrected chi connectivity index (χ2v) is 4.26. The molecule has 0 spiro atoms. The van der Waals surface area contributed by atoms with Gasteiger partial charge in [-0.15, -0.1) is 0 Å². The predicted octanol–water partition coefficient (Wildman–Crippen LogP) is 2.78. The van der Waals surface area contributed by atoms with Crippen LogP contribution in [0.1, 0.15) is 37.1 Å². The van der Waals surface area contributed by atoms with E-state index in [-0.39, 0.29) is 0 Å². The first-order valence-corrected chi connectivity index (χ1v) is 5.04. The summed E-state index contributed by atoms with van der Waals surface area (Å²) in [6, 6.07) is 7.40. The van der Waals surface area contributed by atoms with Crippen molar-refractivity contribution in [2.45, 2.75) is 38.0 Å². The van der Waals surface area contributed by atoms with Gasteiger partial charge in [0.15, 0.2) is 0 Å². The second kappa shape index (κ2) is 3.35. The van der Waals surface area contributed by atoms with E-state index < -0.39 is 11.8 Å². The van der Waals surface area contributed by atoms with Crippen LogP contribution in [0, 0.1) is 0 Å². The van der Waals surface area contributed by atoms with E-state index in [2.05, 4.69) is 0 Å². The largest absolute Gasteiger partial charge is 0.390 e. The van der Waals surface area contributed by atoms with Crippen molar-refractivity contribution in [3.8, 4) is 0 Å². The lowest BCUT2D eigenvalue weighted by Crippen LogP contribution is -2.10. The molecule has 1 fully saturated rings. The van der Waals surface area contributed by atoms with Crippen LogP contribution in [-0.4, -0.2) is 10.7 Å². The Kier molecular flexibility index (Phi) is 2.31. The van der Waals surface area contributed by atoms with Gasteiger partial charge in [-0.1, -0.05) is 24.3 Å². The Morgan fingerprint density at radius 3 is 2.36 bits per heavy atom. The molecule has 0 saturated heterocycles. The van der Waals surface area contributed by atoms with Crippen LogP contribution in [0.15, 0.2) is 24.3 Å². The van der Waals surface area contributed by atoms with Crippen LogP contribution in [0.4, 0.5) is 4.39 Å². The number of alkyl halides is 1. The Balaban J connectivity index is 2.06. The van der Waals surface area contributed by atoms with Gasteiger partial charge in [-0.05, 0) is 30.9 Å². The maximum Gasteiger partial charge on any atom is 0.122 e. The normalized spacial score (nSPS) is 20.5. The van der Waals surface area contributed by atoms with E-state index in [1.54, 1.807) is 12.1 Å². The molecule has 1 saturated carbocycles. The zero-order chi connectivity index (χ0) is 10.2. The van der Waals surface area contributed by atoms with Crippen LogP contribution < -0.4 is 0 Å². The Hall–Kier alpha value is -0.890. The lowest BCUT2D eigenvalue weighted by Gasteiger charge is -2.08. The SMILES string of the molecule is CC(F)c1ccc(CC2(O)CC2)cc1. The summed E-state index contributed by atoms with van der Waals surface area (Å²) in [5, 5.41) is 9.69. The van der Waals surface area contributed by atoms with E-state index in [1.807, 2.05) is 12.1 Å². The zero-order valence-electron chi connectivity index (χ0n) is 8.33. The minimum absolute atomic E-state index is 0.456. The Labute approximate surface area is 83.6 Å². The van der Waals surface area contributed by atoms with Gasteiger partial charge < -0.3 is 5.11 Å². The van der Waals surface area contributed by atoms with Gasteiger partial charge in [0, 0.05) is 6.42 Å². The number of hydrogen-bond donors (Lipinski definition) is 1. The smallest absolute Gasteiger partial charge is 0.122 e. The summed E-state index contributed by atoms with van der Waals surface area (Å²) in [4.78, 5) is 0. The number of hydrogen-bond acceptors (Lipinski definition) is 1. The fourth-order valence-corrected chi connectivity index (χ4v) is 1.60. The standard InChI is InChI=1S/C12H15FO/c1-9(13)11-4-2-10(3-5-11)8-12(14)6-7-12/h2-5,9,14H,6-8H2,1H3. The molecular weight excluding hydrogens is 179 g/mol. The summed E-state index contributed by atoms with van der Waals surface area (Å²) in [7, 11) is 0. The van der Waals surface area contributed by atoms with Crippen LogP contribution in [0.5, 0.6) is 0 Å². The van der Waals surface area contributed by atoms with E-state index in [0.717, 1.165) is 18.4 Å². The van der Waals surface area contributed by atoms with Crippen molar-refractivity contribution in [2.24, 2.45) is 0 Å². The molecule has 1 N–H and O–H groups in total. The summed E-state index contributed by atoms with van der Waals surface area (Å²) in [5.74, 6) is 0. The van der Waals surface area contributed by atoms with Gasteiger partial charge in [-0.3, -0.25) is 0 Å². The van der Waals surface area contributed by atoms with Gasteiger partial charge >= 0.3 is 0 Å². The minimum atomic E-state index is -0.909. The number of benzene rings is 1. The lowest BCUT2D eigenvalue weighted by atomic mass is 10.0. The quantitative estimate of drug-likeness (QED) is 0.784. The van der Waals surface area contributed by atoms with Gasteiger partial charge in [-0.25, -0.2) is 4.39 Å². The summed E-state index contributed by atoms with van der Waals surface area (Å²) in [6.07, 6.45) is 1.59. The molecule has 2 rings (SSSR count). The highest BCUT2D eigenvalue weighted by molar-refractivity contribution is 5.26. The zero-order valence-corrected chi connectivity index (χ0v) is 8.33. The van der Waals surface area contributed by atoms with Gasteiger partial charge in [-0.2, -0.15) is 0 Å². The maximum atomic E-state index is 12.9. The fourth-order valence-electron chi connectivity index (χ4n) is 1.60. The Morgan fingerprint density at radius 2 is 1.93 bits per heavy atom. The maximum absolute atomic E-state index is 12.9. The van der Waals surface area contributed by atoms with Crippen molar-refractivity contribution in [3.63, 3.8) is 0 Å². The van der Waals surface area contributed by atoms with E-state index in [4.69, 9.17) is 0 Å². The summed E-state index contributed by atoms with van der Waals surface area (Å²) >= 11 is 0. The first kappa shape index (κ1) is 9.66. The molecule has 14 heavy (non-hydrogen) atoms. The van der Waals surface area contributed by atoms with E-state index in [9.17, 15) is 9.50 Å². The van der Waals surface area contributed by atoms with Crippen molar-refractivity contribution in [3.05, 3.63) is 35.4 Å². The van der Waals surface area contributed by atoms with Crippen molar-refractivity contribution in [2.75, 3.05) is 0 Å². The molecular formula is C12H15FO. The van der Waals surface area contributed by atoms with Crippen LogP contribution in [-0.2, 0) is 6.42 Å². The molecule has 2 heteroatoms.